The lowest BCUT2D eigenvalue weighted by atomic mass is 10.1. The van der Waals surface area contributed by atoms with Crippen molar-refractivity contribution in [3.05, 3.63) is 24.3 Å². The summed E-state index contributed by atoms with van der Waals surface area (Å²) in [4.78, 5) is 0.348. The van der Waals surface area contributed by atoms with Crippen LogP contribution in [-0.2, 0) is 9.84 Å². The fraction of sp³-hybridized carbons (Fsp3) is 0.538. The zero-order valence-corrected chi connectivity index (χ0v) is 12.3. The van der Waals surface area contributed by atoms with E-state index in [1.54, 1.807) is 24.3 Å². The van der Waals surface area contributed by atoms with Crippen molar-refractivity contribution >= 4 is 15.5 Å². The third kappa shape index (κ3) is 5.51. The molecule has 0 aliphatic rings. The minimum Gasteiger partial charge on any atom is -0.384 e. The molecule has 0 bridgehead atoms. The van der Waals surface area contributed by atoms with E-state index in [1.165, 1.54) is 6.26 Å². The van der Waals surface area contributed by atoms with Crippen LogP contribution >= 0.6 is 0 Å². The Labute approximate surface area is 110 Å². The molecule has 5 heteroatoms. The van der Waals surface area contributed by atoms with Crippen molar-refractivity contribution in [2.75, 3.05) is 24.7 Å². The van der Waals surface area contributed by atoms with Gasteiger partial charge < -0.3 is 10.6 Å². The SMILES string of the molecule is CC(C)(C)NCCNc1ccc(S(C)(=O)=O)cc1. The lowest BCUT2D eigenvalue weighted by molar-refractivity contribution is 0.435. The highest BCUT2D eigenvalue weighted by molar-refractivity contribution is 7.90. The van der Waals surface area contributed by atoms with Gasteiger partial charge in [0.25, 0.3) is 0 Å². The molecule has 0 heterocycles. The van der Waals surface area contributed by atoms with Crippen LogP contribution in [0.1, 0.15) is 20.8 Å². The van der Waals surface area contributed by atoms with E-state index in [4.69, 9.17) is 0 Å². The molecule has 0 spiro atoms. The van der Waals surface area contributed by atoms with Gasteiger partial charge in [-0.05, 0) is 45.0 Å². The number of anilines is 1. The second kappa shape index (κ2) is 5.71. The molecule has 4 nitrogen and oxygen atoms in total. The van der Waals surface area contributed by atoms with Crippen LogP contribution in [0.4, 0.5) is 5.69 Å². The van der Waals surface area contributed by atoms with E-state index < -0.39 is 9.84 Å². The number of hydrogen-bond donors (Lipinski definition) is 2. The number of nitrogens with one attached hydrogen (secondary N) is 2. The number of benzene rings is 1. The molecule has 18 heavy (non-hydrogen) atoms. The highest BCUT2D eigenvalue weighted by atomic mass is 32.2. The van der Waals surface area contributed by atoms with Gasteiger partial charge in [0.1, 0.15) is 0 Å². The Morgan fingerprint density at radius 2 is 1.61 bits per heavy atom. The fourth-order valence-corrected chi connectivity index (χ4v) is 2.09. The van der Waals surface area contributed by atoms with Crippen molar-refractivity contribution in [3.63, 3.8) is 0 Å². The molecular formula is C13H22N2O2S. The molecular weight excluding hydrogens is 248 g/mol. The minimum atomic E-state index is -3.10. The molecule has 0 radical (unpaired) electrons. The first-order valence-corrected chi connectivity index (χ1v) is 7.87. The van der Waals surface area contributed by atoms with Gasteiger partial charge in [-0.3, -0.25) is 0 Å². The van der Waals surface area contributed by atoms with Crippen LogP contribution in [0.5, 0.6) is 0 Å². The van der Waals surface area contributed by atoms with E-state index in [0.29, 0.717) is 4.90 Å². The largest absolute Gasteiger partial charge is 0.384 e. The zero-order valence-electron chi connectivity index (χ0n) is 11.4. The molecule has 102 valence electrons. The summed E-state index contributed by atoms with van der Waals surface area (Å²) in [6.45, 7) is 8.02. The van der Waals surface area contributed by atoms with Crippen molar-refractivity contribution in [3.8, 4) is 0 Å². The van der Waals surface area contributed by atoms with Gasteiger partial charge in [-0.2, -0.15) is 0 Å². The molecule has 2 N–H and O–H groups in total. The Morgan fingerprint density at radius 3 is 2.06 bits per heavy atom. The molecule has 1 aromatic rings. The first kappa shape index (κ1) is 15.0. The second-order valence-corrected chi connectivity index (χ2v) is 7.42. The highest BCUT2D eigenvalue weighted by Gasteiger charge is 2.08. The standard InChI is InChI=1S/C13H22N2O2S/c1-13(2,3)15-10-9-14-11-5-7-12(8-6-11)18(4,16)17/h5-8,14-15H,9-10H2,1-4H3. The van der Waals surface area contributed by atoms with Gasteiger partial charge in [0.2, 0.25) is 0 Å². The number of hydrogen-bond acceptors (Lipinski definition) is 4. The zero-order chi connectivity index (χ0) is 13.8. The van der Waals surface area contributed by atoms with Crippen molar-refractivity contribution in [2.24, 2.45) is 0 Å². The normalized spacial score (nSPS) is 12.4. The van der Waals surface area contributed by atoms with Gasteiger partial charge in [-0.15, -0.1) is 0 Å². The van der Waals surface area contributed by atoms with Gasteiger partial charge in [-0.1, -0.05) is 0 Å². The summed E-state index contributed by atoms with van der Waals surface area (Å²) in [5.74, 6) is 0. The first-order valence-electron chi connectivity index (χ1n) is 5.97. The van der Waals surface area contributed by atoms with Crippen LogP contribution in [-0.4, -0.2) is 33.3 Å². The molecule has 0 amide bonds. The van der Waals surface area contributed by atoms with Crippen LogP contribution in [0, 0.1) is 0 Å². The number of rotatable bonds is 5. The third-order valence-corrected chi connectivity index (χ3v) is 3.52. The number of sulfone groups is 1. The molecule has 0 atom stereocenters. The van der Waals surface area contributed by atoms with Crippen LogP contribution in [0.3, 0.4) is 0 Å². The summed E-state index contributed by atoms with van der Waals surface area (Å²) in [6, 6.07) is 6.81. The average Bonchev–Trinajstić information content (AvgIpc) is 2.22. The Kier molecular flexibility index (Phi) is 4.76. The van der Waals surface area contributed by atoms with Crippen LogP contribution in [0.25, 0.3) is 0 Å². The Bertz CT molecular complexity index is 473. The summed E-state index contributed by atoms with van der Waals surface area (Å²) >= 11 is 0. The van der Waals surface area contributed by atoms with Gasteiger partial charge in [0, 0.05) is 30.6 Å². The maximum Gasteiger partial charge on any atom is 0.175 e. The molecule has 0 aromatic heterocycles. The molecule has 1 aromatic carbocycles. The van der Waals surface area contributed by atoms with E-state index in [9.17, 15) is 8.42 Å². The van der Waals surface area contributed by atoms with Gasteiger partial charge >= 0.3 is 0 Å². The molecule has 0 fully saturated rings. The minimum absolute atomic E-state index is 0.113. The molecule has 0 saturated carbocycles. The maximum atomic E-state index is 11.3. The quantitative estimate of drug-likeness (QED) is 0.802. The van der Waals surface area contributed by atoms with Crippen molar-refractivity contribution in [1.29, 1.82) is 0 Å². The van der Waals surface area contributed by atoms with E-state index in [2.05, 4.69) is 31.4 Å². The molecule has 0 saturated heterocycles. The molecule has 0 aliphatic carbocycles. The summed E-state index contributed by atoms with van der Waals surface area (Å²) in [5, 5.41) is 6.61. The Hall–Kier alpha value is -1.07. The topological polar surface area (TPSA) is 58.2 Å². The van der Waals surface area contributed by atoms with Crippen LogP contribution < -0.4 is 10.6 Å². The van der Waals surface area contributed by atoms with Gasteiger partial charge in [-0.25, -0.2) is 8.42 Å². The summed E-state index contributed by atoms with van der Waals surface area (Å²) in [7, 11) is -3.10. The van der Waals surface area contributed by atoms with E-state index in [-0.39, 0.29) is 5.54 Å². The first-order chi connectivity index (χ1) is 8.18. The summed E-state index contributed by atoms with van der Waals surface area (Å²) < 4.78 is 22.6. The lowest BCUT2D eigenvalue weighted by Crippen LogP contribution is -2.38. The van der Waals surface area contributed by atoms with E-state index in [1.807, 2.05) is 0 Å². The average molecular weight is 270 g/mol. The molecule has 0 unspecified atom stereocenters. The molecule has 1 rings (SSSR count). The van der Waals surface area contributed by atoms with Crippen molar-refractivity contribution in [2.45, 2.75) is 31.2 Å². The Morgan fingerprint density at radius 1 is 1.06 bits per heavy atom. The fourth-order valence-electron chi connectivity index (χ4n) is 1.46. The summed E-state index contributed by atoms with van der Waals surface area (Å²) in [6.07, 6.45) is 1.21. The second-order valence-electron chi connectivity index (χ2n) is 5.40. The molecule has 0 aliphatic heterocycles. The Balaban J connectivity index is 2.45. The van der Waals surface area contributed by atoms with E-state index >= 15 is 0 Å². The van der Waals surface area contributed by atoms with Gasteiger partial charge in [0.15, 0.2) is 9.84 Å². The predicted molar refractivity (Wildman–Crippen MR) is 75.8 cm³/mol. The smallest absolute Gasteiger partial charge is 0.175 e. The third-order valence-electron chi connectivity index (χ3n) is 2.39. The van der Waals surface area contributed by atoms with E-state index in [0.717, 1.165) is 18.8 Å². The lowest BCUT2D eigenvalue weighted by Gasteiger charge is -2.20. The van der Waals surface area contributed by atoms with Crippen molar-refractivity contribution in [1.82, 2.24) is 5.32 Å². The van der Waals surface area contributed by atoms with Gasteiger partial charge in [0.05, 0.1) is 4.90 Å². The predicted octanol–water partition coefficient (Wildman–Crippen LogP) is 1.89. The maximum absolute atomic E-state index is 11.3. The van der Waals surface area contributed by atoms with Crippen molar-refractivity contribution < 1.29 is 8.42 Å². The van der Waals surface area contributed by atoms with Crippen LogP contribution in [0.2, 0.25) is 0 Å². The highest BCUT2D eigenvalue weighted by Crippen LogP contribution is 2.13. The summed E-state index contributed by atoms with van der Waals surface area (Å²) in [5.41, 5.74) is 1.04. The van der Waals surface area contributed by atoms with Crippen LogP contribution in [0.15, 0.2) is 29.2 Å². The monoisotopic (exact) mass is 270 g/mol.